The number of nitrogens with zero attached hydrogens (tertiary/aromatic N) is 2. The van der Waals surface area contributed by atoms with Gasteiger partial charge in [-0.05, 0) is 78.1 Å². The molecule has 4 aromatic carbocycles. The maximum absolute atomic E-state index is 12.9. The van der Waals surface area contributed by atoms with Crippen molar-refractivity contribution in [2.24, 2.45) is 0 Å². The molecule has 0 aliphatic carbocycles. The van der Waals surface area contributed by atoms with Crippen molar-refractivity contribution in [1.82, 2.24) is 0 Å². The summed E-state index contributed by atoms with van der Waals surface area (Å²) < 4.78 is 1.77. The molecule has 0 saturated carbocycles. The molecule has 0 heterocycles. The molecule has 42 heavy (non-hydrogen) atoms. The average Bonchev–Trinajstić information content (AvgIpc) is 2.94. The number of nitrogens with one attached hydrogen (secondary N) is 2. The standard InChI is InChI=1S/C35H41BN4O2/c1-7-26-8-16-30(17-9-26)34(41)37-32-20-12-27(13-21-32)24-28-14-22-33(23-15-28)38-35(42)31-18-10-29(11-19-31)25-40(5,6)36-39(2,3)4/h8-23,36H,7,24-25H2,1-6H3/p+2. The third-order valence-electron chi connectivity index (χ3n) is 7.09. The zero-order chi connectivity index (χ0) is 30.3. The lowest BCUT2D eigenvalue weighted by atomic mass is 9.97. The SMILES string of the molecule is CCc1ccc(C(=O)Nc2ccc(Cc3ccc(NC(=O)c4ccc(C[N+](C)(C)B[N+](C)(C)C)cc4)cc3)cc2)cc1. The van der Waals surface area contributed by atoms with Gasteiger partial charge in [-0.25, -0.2) is 0 Å². The molecule has 6 nitrogen and oxygen atoms in total. The average molecular weight is 563 g/mol. The third-order valence-corrected chi connectivity index (χ3v) is 7.09. The summed E-state index contributed by atoms with van der Waals surface area (Å²) >= 11 is 0. The minimum absolute atomic E-state index is 0.113. The van der Waals surface area contributed by atoms with Crippen molar-refractivity contribution in [3.05, 3.63) is 130 Å². The second kappa shape index (κ2) is 13.2. The highest BCUT2D eigenvalue weighted by Crippen LogP contribution is 2.18. The van der Waals surface area contributed by atoms with Crippen LogP contribution in [0.3, 0.4) is 0 Å². The first-order valence-electron chi connectivity index (χ1n) is 14.5. The Bertz CT molecular complexity index is 1490. The Morgan fingerprint density at radius 3 is 1.33 bits per heavy atom. The number of carbonyl (C=O) groups excluding carboxylic acids is 2. The van der Waals surface area contributed by atoms with Gasteiger partial charge in [0.1, 0.15) is 0 Å². The quantitative estimate of drug-likeness (QED) is 0.224. The van der Waals surface area contributed by atoms with E-state index in [-0.39, 0.29) is 11.8 Å². The number of anilines is 2. The molecule has 0 saturated heterocycles. The van der Waals surface area contributed by atoms with Crippen LogP contribution in [0.1, 0.15) is 49.9 Å². The molecule has 7 heteroatoms. The van der Waals surface area contributed by atoms with Crippen LogP contribution in [0.2, 0.25) is 0 Å². The predicted molar refractivity (Wildman–Crippen MR) is 175 cm³/mol. The van der Waals surface area contributed by atoms with Gasteiger partial charge in [0.05, 0.1) is 41.8 Å². The molecule has 4 aromatic rings. The molecule has 0 aromatic heterocycles. The van der Waals surface area contributed by atoms with Crippen molar-refractivity contribution in [3.8, 4) is 0 Å². The van der Waals surface area contributed by atoms with Crippen LogP contribution in [-0.2, 0) is 19.4 Å². The molecule has 0 spiro atoms. The van der Waals surface area contributed by atoms with Crippen molar-refractivity contribution in [2.75, 3.05) is 45.9 Å². The van der Waals surface area contributed by atoms with Gasteiger partial charge >= 0.3 is 7.55 Å². The van der Waals surface area contributed by atoms with Gasteiger partial charge in [-0.15, -0.1) is 0 Å². The van der Waals surface area contributed by atoms with E-state index in [4.69, 9.17) is 0 Å². The van der Waals surface area contributed by atoms with Crippen LogP contribution in [0.5, 0.6) is 0 Å². The molecular formula is C35H43BN4O2+2. The molecule has 0 unspecified atom stereocenters. The maximum atomic E-state index is 12.9. The summed E-state index contributed by atoms with van der Waals surface area (Å²) in [7, 11) is 12.1. The number of hydrogen-bond donors (Lipinski definition) is 2. The Labute approximate surface area is 251 Å². The van der Waals surface area contributed by atoms with E-state index >= 15 is 0 Å². The zero-order valence-electron chi connectivity index (χ0n) is 25.8. The largest absolute Gasteiger partial charge is 0.657 e. The van der Waals surface area contributed by atoms with E-state index < -0.39 is 0 Å². The normalized spacial score (nSPS) is 11.6. The van der Waals surface area contributed by atoms with E-state index in [1.54, 1.807) is 0 Å². The minimum Gasteiger partial charge on any atom is -0.345 e. The summed E-state index contributed by atoms with van der Waals surface area (Å²) in [5.74, 6) is -0.231. The molecule has 2 amide bonds. The van der Waals surface area contributed by atoms with Crippen LogP contribution in [0.4, 0.5) is 11.4 Å². The highest BCUT2D eigenvalue weighted by molar-refractivity contribution is 6.16. The summed E-state index contributed by atoms with van der Waals surface area (Å²) in [6.45, 7) is 3.00. The molecule has 0 aliphatic rings. The molecular weight excluding hydrogens is 519 g/mol. The molecule has 0 bridgehead atoms. The number of aryl methyl sites for hydroxylation is 1. The lowest BCUT2D eigenvalue weighted by molar-refractivity contribution is -0.888. The van der Waals surface area contributed by atoms with Crippen molar-refractivity contribution >= 4 is 30.7 Å². The van der Waals surface area contributed by atoms with Gasteiger partial charge in [0, 0.05) is 28.1 Å². The number of carbonyl (C=O) groups is 2. The maximum Gasteiger partial charge on any atom is 0.657 e. The lowest BCUT2D eigenvalue weighted by Gasteiger charge is -2.34. The summed E-state index contributed by atoms with van der Waals surface area (Å²) in [5.41, 5.74) is 7.52. The zero-order valence-corrected chi connectivity index (χ0v) is 25.8. The fourth-order valence-corrected chi connectivity index (χ4v) is 5.40. The van der Waals surface area contributed by atoms with Gasteiger partial charge in [-0.2, -0.15) is 0 Å². The van der Waals surface area contributed by atoms with Gasteiger partial charge < -0.3 is 19.4 Å². The number of amides is 2. The molecule has 0 aliphatic heterocycles. The van der Waals surface area contributed by atoms with Crippen LogP contribution in [-0.4, -0.2) is 63.4 Å². The first kappa shape index (κ1) is 30.8. The van der Waals surface area contributed by atoms with Gasteiger partial charge in [-0.3, -0.25) is 9.59 Å². The number of rotatable bonds is 11. The predicted octanol–water partition coefficient (Wildman–Crippen LogP) is 5.89. The van der Waals surface area contributed by atoms with E-state index in [1.807, 2.05) is 97.1 Å². The van der Waals surface area contributed by atoms with E-state index in [0.717, 1.165) is 58.2 Å². The molecule has 0 atom stereocenters. The Morgan fingerprint density at radius 1 is 0.571 bits per heavy atom. The van der Waals surface area contributed by atoms with Crippen LogP contribution >= 0.6 is 0 Å². The lowest BCUT2D eigenvalue weighted by Crippen LogP contribution is -2.56. The van der Waals surface area contributed by atoms with Gasteiger partial charge in [0.15, 0.2) is 0 Å². The fourth-order valence-electron chi connectivity index (χ4n) is 5.40. The van der Waals surface area contributed by atoms with Gasteiger partial charge in [0.2, 0.25) is 0 Å². The first-order chi connectivity index (χ1) is 19.9. The van der Waals surface area contributed by atoms with E-state index in [9.17, 15) is 9.59 Å². The van der Waals surface area contributed by atoms with Crippen LogP contribution < -0.4 is 10.6 Å². The smallest absolute Gasteiger partial charge is 0.345 e. The number of hydrogen-bond acceptors (Lipinski definition) is 2. The number of benzene rings is 4. The summed E-state index contributed by atoms with van der Waals surface area (Å²) in [6, 6.07) is 31.4. The second-order valence-corrected chi connectivity index (χ2v) is 12.8. The summed E-state index contributed by atoms with van der Waals surface area (Å²) in [4.78, 5) is 25.4. The molecule has 216 valence electrons. The second-order valence-electron chi connectivity index (χ2n) is 12.8. The van der Waals surface area contributed by atoms with E-state index in [2.05, 4.69) is 52.8 Å². The van der Waals surface area contributed by atoms with Crippen molar-refractivity contribution in [3.63, 3.8) is 0 Å². The Hall–Kier alpha value is -4.20. The Kier molecular flexibility index (Phi) is 9.66. The topological polar surface area (TPSA) is 58.2 Å². The highest BCUT2D eigenvalue weighted by Gasteiger charge is 2.31. The van der Waals surface area contributed by atoms with Crippen molar-refractivity contribution < 1.29 is 18.4 Å². The molecule has 4 rings (SSSR count). The molecule has 2 N–H and O–H groups in total. The third kappa shape index (κ3) is 9.16. The fraction of sp³-hybridized carbons (Fsp3) is 0.257. The highest BCUT2D eigenvalue weighted by atomic mass is 16.2. The Morgan fingerprint density at radius 2 is 0.952 bits per heavy atom. The minimum atomic E-state index is -0.117. The van der Waals surface area contributed by atoms with Gasteiger partial charge in [-0.1, -0.05) is 55.5 Å². The molecule has 0 fully saturated rings. The van der Waals surface area contributed by atoms with E-state index in [1.165, 1.54) is 11.1 Å². The molecule has 0 radical (unpaired) electrons. The van der Waals surface area contributed by atoms with Crippen LogP contribution in [0.25, 0.3) is 0 Å². The summed E-state index contributed by atoms with van der Waals surface area (Å²) in [5, 5.41) is 5.97. The van der Waals surface area contributed by atoms with E-state index in [0.29, 0.717) is 11.1 Å². The Balaban J connectivity index is 1.28. The first-order valence-corrected chi connectivity index (χ1v) is 14.5. The summed E-state index contributed by atoms with van der Waals surface area (Å²) in [6.07, 6.45) is 1.71. The monoisotopic (exact) mass is 562 g/mol. The van der Waals surface area contributed by atoms with Crippen LogP contribution in [0.15, 0.2) is 97.1 Å². The van der Waals surface area contributed by atoms with Gasteiger partial charge in [0.25, 0.3) is 11.8 Å². The number of quaternary nitrogens is 2. The van der Waals surface area contributed by atoms with Crippen molar-refractivity contribution in [2.45, 2.75) is 26.3 Å². The van der Waals surface area contributed by atoms with Crippen LogP contribution in [0, 0.1) is 0 Å². The van der Waals surface area contributed by atoms with Crippen molar-refractivity contribution in [1.29, 1.82) is 0 Å².